The summed E-state index contributed by atoms with van der Waals surface area (Å²) in [6.45, 7) is 4.84. The Bertz CT molecular complexity index is 795. The maximum Gasteiger partial charge on any atom is 0.304 e. The van der Waals surface area contributed by atoms with Crippen LogP contribution in [0.5, 0.6) is 5.75 Å². The number of benzene rings is 2. The van der Waals surface area contributed by atoms with E-state index in [1.807, 2.05) is 24.3 Å². The Hall–Kier alpha value is -2.47. The normalized spacial score (nSPS) is 11.0. The average molecular weight is 391 g/mol. The van der Waals surface area contributed by atoms with Gasteiger partial charge >= 0.3 is 5.97 Å². The summed E-state index contributed by atoms with van der Waals surface area (Å²) in [6, 6.07) is 10.1. The summed E-state index contributed by atoms with van der Waals surface area (Å²) in [5, 5.41) is 9.02. The number of aliphatic carboxylic acids is 1. The summed E-state index contributed by atoms with van der Waals surface area (Å²) < 4.78 is 34.3. The van der Waals surface area contributed by atoms with E-state index in [0.29, 0.717) is 18.7 Å². The van der Waals surface area contributed by atoms with Crippen molar-refractivity contribution in [1.29, 1.82) is 0 Å². The summed E-state index contributed by atoms with van der Waals surface area (Å²) in [5.74, 6) is -1.43. The number of aryl methyl sites for hydroxylation is 1. The standard InChI is InChI=1S/C22H27F2NO3/c1-3-4-12-28-18-7-5-6-17(13-18)14-25(11-10-21(26)27)15-19-20(23)9-8-16(2)22(19)24/h5-9,13H,3-4,10-12,14-15H2,1-2H3,(H,26,27). The van der Waals surface area contributed by atoms with Crippen LogP contribution in [0.15, 0.2) is 36.4 Å². The largest absolute Gasteiger partial charge is 0.494 e. The molecule has 2 rings (SSSR count). The van der Waals surface area contributed by atoms with Crippen molar-refractivity contribution in [3.8, 4) is 5.75 Å². The van der Waals surface area contributed by atoms with Gasteiger partial charge in [0.15, 0.2) is 0 Å². The Kier molecular flexibility index (Phi) is 8.39. The van der Waals surface area contributed by atoms with Crippen molar-refractivity contribution in [3.05, 3.63) is 64.7 Å². The third-order valence-electron chi connectivity index (χ3n) is 4.47. The van der Waals surface area contributed by atoms with Crippen molar-refractivity contribution in [2.24, 2.45) is 0 Å². The average Bonchev–Trinajstić information content (AvgIpc) is 2.66. The number of hydrogen-bond acceptors (Lipinski definition) is 3. The predicted octanol–water partition coefficient (Wildman–Crippen LogP) is 4.93. The molecule has 152 valence electrons. The molecule has 0 radical (unpaired) electrons. The van der Waals surface area contributed by atoms with Crippen LogP contribution in [0.3, 0.4) is 0 Å². The quantitative estimate of drug-likeness (QED) is 0.552. The number of hydrogen-bond donors (Lipinski definition) is 1. The highest BCUT2D eigenvalue weighted by Gasteiger charge is 2.17. The lowest BCUT2D eigenvalue weighted by Crippen LogP contribution is -2.27. The number of ether oxygens (including phenoxy) is 1. The van der Waals surface area contributed by atoms with Crippen LogP contribution in [0, 0.1) is 18.6 Å². The van der Waals surface area contributed by atoms with Gasteiger partial charge in [-0.1, -0.05) is 31.5 Å². The Balaban J connectivity index is 2.16. The highest BCUT2D eigenvalue weighted by molar-refractivity contribution is 5.66. The highest BCUT2D eigenvalue weighted by atomic mass is 19.1. The molecule has 0 unspecified atom stereocenters. The van der Waals surface area contributed by atoms with Gasteiger partial charge in [-0.05, 0) is 42.7 Å². The zero-order chi connectivity index (χ0) is 20.5. The third-order valence-corrected chi connectivity index (χ3v) is 4.47. The number of unbranched alkanes of at least 4 members (excludes halogenated alkanes) is 1. The molecule has 4 nitrogen and oxygen atoms in total. The SMILES string of the molecule is CCCCOc1cccc(CN(CCC(=O)O)Cc2c(F)ccc(C)c2F)c1. The zero-order valence-electron chi connectivity index (χ0n) is 16.4. The van der Waals surface area contributed by atoms with Crippen LogP contribution in [0.4, 0.5) is 8.78 Å². The number of halogens is 2. The number of carboxylic acids is 1. The van der Waals surface area contributed by atoms with Crippen LogP contribution < -0.4 is 4.74 Å². The van der Waals surface area contributed by atoms with Gasteiger partial charge in [0, 0.05) is 25.2 Å². The van der Waals surface area contributed by atoms with E-state index in [1.54, 1.807) is 11.8 Å². The van der Waals surface area contributed by atoms with Crippen LogP contribution in [0.1, 0.15) is 42.9 Å². The zero-order valence-corrected chi connectivity index (χ0v) is 16.4. The molecule has 0 bridgehead atoms. The molecule has 0 aromatic heterocycles. The van der Waals surface area contributed by atoms with Gasteiger partial charge < -0.3 is 9.84 Å². The van der Waals surface area contributed by atoms with Crippen molar-refractivity contribution in [2.75, 3.05) is 13.2 Å². The maximum absolute atomic E-state index is 14.4. The first kappa shape index (κ1) is 21.8. The van der Waals surface area contributed by atoms with Gasteiger partial charge in [0.25, 0.3) is 0 Å². The summed E-state index contributed by atoms with van der Waals surface area (Å²) in [5.41, 5.74) is 1.22. The molecule has 2 aromatic rings. The topological polar surface area (TPSA) is 49.8 Å². The summed E-state index contributed by atoms with van der Waals surface area (Å²) in [6.07, 6.45) is 1.89. The molecule has 0 amide bonds. The van der Waals surface area contributed by atoms with Crippen molar-refractivity contribution in [1.82, 2.24) is 4.90 Å². The molecule has 0 spiro atoms. The number of rotatable bonds is 11. The van der Waals surface area contributed by atoms with Gasteiger partial charge in [0.2, 0.25) is 0 Å². The van der Waals surface area contributed by atoms with E-state index in [2.05, 4.69) is 6.92 Å². The number of nitrogens with zero attached hydrogens (tertiary/aromatic N) is 1. The molecule has 0 saturated heterocycles. The molecule has 0 heterocycles. The van der Waals surface area contributed by atoms with Crippen LogP contribution in [0.2, 0.25) is 0 Å². The fourth-order valence-corrected chi connectivity index (χ4v) is 2.88. The van der Waals surface area contributed by atoms with Gasteiger partial charge in [-0.25, -0.2) is 8.78 Å². The van der Waals surface area contributed by atoms with Crippen LogP contribution >= 0.6 is 0 Å². The van der Waals surface area contributed by atoms with E-state index in [0.717, 1.165) is 24.2 Å². The Labute approximate surface area is 164 Å². The molecule has 0 aliphatic heterocycles. The Morgan fingerprint density at radius 3 is 2.68 bits per heavy atom. The second kappa shape index (κ2) is 10.8. The minimum atomic E-state index is -0.952. The first-order chi connectivity index (χ1) is 13.4. The monoisotopic (exact) mass is 391 g/mol. The van der Waals surface area contributed by atoms with Crippen LogP contribution in [-0.2, 0) is 17.9 Å². The molecule has 28 heavy (non-hydrogen) atoms. The lowest BCUT2D eigenvalue weighted by Gasteiger charge is -2.23. The molecule has 6 heteroatoms. The van der Waals surface area contributed by atoms with E-state index in [4.69, 9.17) is 9.84 Å². The van der Waals surface area contributed by atoms with E-state index in [1.165, 1.54) is 12.1 Å². The lowest BCUT2D eigenvalue weighted by atomic mass is 10.1. The van der Waals surface area contributed by atoms with Gasteiger partial charge in [0.05, 0.1) is 13.0 Å². The molecule has 1 N–H and O–H groups in total. The van der Waals surface area contributed by atoms with E-state index in [-0.39, 0.29) is 25.1 Å². The summed E-state index contributed by atoms with van der Waals surface area (Å²) in [7, 11) is 0. The fourth-order valence-electron chi connectivity index (χ4n) is 2.88. The third kappa shape index (κ3) is 6.60. The number of carboxylic acid groups (broad SMARTS) is 1. The van der Waals surface area contributed by atoms with Crippen molar-refractivity contribution in [2.45, 2.75) is 46.2 Å². The number of carbonyl (C=O) groups is 1. The van der Waals surface area contributed by atoms with Crippen LogP contribution in [-0.4, -0.2) is 29.1 Å². The van der Waals surface area contributed by atoms with E-state index in [9.17, 15) is 13.6 Å². The first-order valence-electron chi connectivity index (χ1n) is 9.50. The second-order valence-corrected chi connectivity index (χ2v) is 6.86. The molecular formula is C22H27F2NO3. The van der Waals surface area contributed by atoms with Crippen molar-refractivity contribution in [3.63, 3.8) is 0 Å². The molecule has 0 atom stereocenters. The predicted molar refractivity (Wildman–Crippen MR) is 104 cm³/mol. The minimum absolute atomic E-state index is 0.00640. The smallest absolute Gasteiger partial charge is 0.304 e. The molecule has 0 aliphatic rings. The van der Waals surface area contributed by atoms with E-state index >= 15 is 0 Å². The second-order valence-electron chi connectivity index (χ2n) is 6.86. The Morgan fingerprint density at radius 1 is 1.18 bits per heavy atom. The lowest BCUT2D eigenvalue weighted by molar-refractivity contribution is -0.137. The van der Waals surface area contributed by atoms with Crippen molar-refractivity contribution >= 4 is 5.97 Å². The van der Waals surface area contributed by atoms with Crippen molar-refractivity contribution < 1.29 is 23.4 Å². The summed E-state index contributed by atoms with van der Waals surface area (Å²) >= 11 is 0. The minimum Gasteiger partial charge on any atom is -0.494 e. The molecule has 0 saturated carbocycles. The van der Waals surface area contributed by atoms with Gasteiger partial charge in [-0.15, -0.1) is 0 Å². The molecule has 0 fully saturated rings. The van der Waals surface area contributed by atoms with Gasteiger partial charge in [-0.3, -0.25) is 9.69 Å². The first-order valence-corrected chi connectivity index (χ1v) is 9.50. The Morgan fingerprint density at radius 2 is 1.96 bits per heavy atom. The molecular weight excluding hydrogens is 364 g/mol. The molecule has 0 aliphatic carbocycles. The maximum atomic E-state index is 14.4. The summed E-state index contributed by atoms with van der Waals surface area (Å²) in [4.78, 5) is 12.7. The molecule has 2 aromatic carbocycles. The fraction of sp³-hybridized carbons (Fsp3) is 0.409. The van der Waals surface area contributed by atoms with Gasteiger partial charge in [0.1, 0.15) is 17.4 Å². The van der Waals surface area contributed by atoms with Gasteiger partial charge in [-0.2, -0.15) is 0 Å². The van der Waals surface area contributed by atoms with E-state index < -0.39 is 17.6 Å². The highest BCUT2D eigenvalue weighted by Crippen LogP contribution is 2.21. The van der Waals surface area contributed by atoms with Crippen LogP contribution in [0.25, 0.3) is 0 Å².